The van der Waals surface area contributed by atoms with E-state index < -0.39 is 0 Å². The zero-order valence-electron chi connectivity index (χ0n) is 11.4. The van der Waals surface area contributed by atoms with Gasteiger partial charge in [0.15, 0.2) is 0 Å². The van der Waals surface area contributed by atoms with Gasteiger partial charge in [0.05, 0.1) is 17.9 Å². The van der Waals surface area contributed by atoms with Gasteiger partial charge in [-0.1, -0.05) is 15.9 Å². The molecule has 0 saturated carbocycles. The molecule has 0 aliphatic carbocycles. The van der Waals surface area contributed by atoms with Gasteiger partial charge in [0.25, 0.3) is 0 Å². The van der Waals surface area contributed by atoms with Crippen molar-refractivity contribution in [1.29, 1.82) is 0 Å². The number of aryl methyl sites for hydroxylation is 1. The highest BCUT2D eigenvalue weighted by Crippen LogP contribution is 2.27. The van der Waals surface area contributed by atoms with E-state index in [0.717, 1.165) is 22.9 Å². The fraction of sp³-hybridized carbons (Fsp3) is 0.429. The predicted octanol–water partition coefficient (Wildman–Crippen LogP) is 2.29. The minimum atomic E-state index is -0.218. The van der Waals surface area contributed by atoms with Crippen LogP contribution in [0.4, 0.5) is 11.4 Å². The molecule has 2 rings (SSSR count). The van der Waals surface area contributed by atoms with Crippen molar-refractivity contribution in [2.75, 3.05) is 24.1 Å². The van der Waals surface area contributed by atoms with Crippen LogP contribution >= 0.6 is 15.9 Å². The summed E-state index contributed by atoms with van der Waals surface area (Å²) in [5.41, 5.74) is 7.96. The molecule has 0 spiro atoms. The van der Waals surface area contributed by atoms with Gasteiger partial charge in [0.1, 0.15) is 0 Å². The number of halogens is 1. The summed E-state index contributed by atoms with van der Waals surface area (Å²) in [5, 5.41) is 2.77. The van der Waals surface area contributed by atoms with Crippen LogP contribution in [0.25, 0.3) is 0 Å². The van der Waals surface area contributed by atoms with Crippen molar-refractivity contribution in [1.82, 2.24) is 4.90 Å². The number of piperidine rings is 1. The van der Waals surface area contributed by atoms with Crippen LogP contribution in [-0.2, 0) is 9.59 Å². The third-order valence-electron chi connectivity index (χ3n) is 3.38. The molecule has 0 unspecified atom stereocenters. The average Bonchev–Trinajstić information content (AvgIpc) is 2.38. The molecule has 1 aliphatic rings. The Kier molecular flexibility index (Phi) is 4.65. The third-order valence-corrected chi connectivity index (χ3v) is 3.84. The predicted molar refractivity (Wildman–Crippen MR) is 82.4 cm³/mol. The number of hydrogen-bond acceptors (Lipinski definition) is 3. The Labute approximate surface area is 126 Å². The van der Waals surface area contributed by atoms with Crippen LogP contribution in [0.5, 0.6) is 0 Å². The topological polar surface area (TPSA) is 75.4 Å². The molecule has 1 fully saturated rings. The molecule has 0 bridgehead atoms. The lowest BCUT2D eigenvalue weighted by Gasteiger charge is -2.26. The van der Waals surface area contributed by atoms with E-state index in [-0.39, 0.29) is 18.4 Å². The first-order valence-electron chi connectivity index (χ1n) is 6.60. The Hall–Kier alpha value is -1.56. The van der Waals surface area contributed by atoms with Gasteiger partial charge in [0.2, 0.25) is 11.8 Å². The maximum absolute atomic E-state index is 12.0. The number of likely N-dealkylation sites (tertiary alicyclic amines) is 1. The van der Waals surface area contributed by atoms with Gasteiger partial charge in [-0.25, -0.2) is 0 Å². The number of nitrogens with zero attached hydrogens (tertiary/aromatic N) is 1. The van der Waals surface area contributed by atoms with Crippen LogP contribution in [0, 0.1) is 6.92 Å². The molecule has 20 heavy (non-hydrogen) atoms. The van der Waals surface area contributed by atoms with Crippen LogP contribution in [0.3, 0.4) is 0 Å². The summed E-state index contributed by atoms with van der Waals surface area (Å²) < 4.78 is 0.855. The van der Waals surface area contributed by atoms with Crippen molar-refractivity contribution in [3.63, 3.8) is 0 Å². The molecule has 0 aromatic heterocycles. The highest BCUT2D eigenvalue weighted by molar-refractivity contribution is 9.10. The number of amides is 2. The molecule has 2 amide bonds. The van der Waals surface area contributed by atoms with E-state index in [1.54, 1.807) is 11.0 Å². The zero-order valence-corrected chi connectivity index (χ0v) is 13.0. The van der Waals surface area contributed by atoms with Gasteiger partial charge >= 0.3 is 0 Å². The first-order chi connectivity index (χ1) is 9.47. The van der Waals surface area contributed by atoms with Crippen LogP contribution < -0.4 is 11.1 Å². The van der Waals surface area contributed by atoms with Crippen LogP contribution in [-0.4, -0.2) is 29.8 Å². The summed E-state index contributed by atoms with van der Waals surface area (Å²) in [7, 11) is 0. The summed E-state index contributed by atoms with van der Waals surface area (Å²) in [5.74, 6) is -0.172. The first-order valence-corrected chi connectivity index (χ1v) is 7.40. The summed E-state index contributed by atoms with van der Waals surface area (Å²) >= 11 is 3.37. The highest BCUT2D eigenvalue weighted by Gasteiger charge is 2.20. The van der Waals surface area contributed by atoms with Crippen molar-refractivity contribution in [3.05, 3.63) is 22.2 Å². The summed E-state index contributed by atoms with van der Waals surface area (Å²) in [6.07, 6.45) is 2.40. The van der Waals surface area contributed by atoms with Crippen molar-refractivity contribution in [3.8, 4) is 0 Å². The van der Waals surface area contributed by atoms with Gasteiger partial charge in [-0.2, -0.15) is 0 Å². The molecule has 0 atom stereocenters. The second kappa shape index (κ2) is 6.26. The van der Waals surface area contributed by atoms with Gasteiger partial charge in [-0.3, -0.25) is 9.59 Å². The second-order valence-corrected chi connectivity index (χ2v) is 5.92. The van der Waals surface area contributed by atoms with E-state index in [2.05, 4.69) is 21.2 Å². The molecular formula is C14H18BrN3O2. The molecule has 1 aromatic rings. The van der Waals surface area contributed by atoms with Gasteiger partial charge in [-0.15, -0.1) is 0 Å². The SMILES string of the molecule is Cc1cc(Br)cc(NC(=O)CN2CCCCC2=O)c1N. The average molecular weight is 340 g/mol. The van der Waals surface area contributed by atoms with Crippen molar-refractivity contribution in [2.45, 2.75) is 26.2 Å². The van der Waals surface area contributed by atoms with Gasteiger partial charge in [-0.05, 0) is 37.5 Å². The van der Waals surface area contributed by atoms with Crippen molar-refractivity contribution in [2.24, 2.45) is 0 Å². The van der Waals surface area contributed by atoms with E-state index in [1.807, 2.05) is 13.0 Å². The number of nitrogen functional groups attached to an aromatic ring is 1. The monoisotopic (exact) mass is 339 g/mol. The lowest BCUT2D eigenvalue weighted by atomic mass is 10.1. The number of nitrogens with one attached hydrogen (secondary N) is 1. The Morgan fingerprint density at radius 2 is 2.20 bits per heavy atom. The van der Waals surface area contributed by atoms with Crippen molar-refractivity contribution >= 4 is 39.1 Å². The van der Waals surface area contributed by atoms with E-state index in [4.69, 9.17) is 5.73 Å². The number of nitrogens with two attached hydrogens (primary N) is 1. The number of carbonyl (C=O) groups is 2. The van der Waals surface area contributed by atoms with E-state index in [1.165, 1.54) is 0 Å². The molecule has 3 N–H and O–H groups in total. The van der Waals surface area contributed by atoms with Crippen LogP contribution in [0.2, 0.25) is 0 Å². The summed E-state index contributed by atoms with van der Waals surface area (Å²) in [6, 6.07) is 3.65. The molecule has 1 aromatic carbocycles. The minimum Gasteiger partial charge on any atom is -0.397 e. The molecule has 5 nitrogen and oxygen atoms in total. The molecule has 1 heterocycles. The largest absolute Gasteiger partial charge is 0.397 e. The Bertz CT molecular complexity index is 545. The summed E-state index contributed by atoms with van der Waals surface area (Å²) in [6.45, 7) is 2.62. The Morgan fingerprint density at radius 3 is 2.90 bits per heavy atom. The fourth-order valence-electron chi connectivity index (χ4n) is 2.25. The number of benzene rings is 1. The minimum absolute atomic E-state index is 0.0461. The lowest BCUT2D eigenvalue weighted by Crippen LogP contribution is -2.40. The standard InChI is InChI=1S/C14H18BrN3O2/c1-9-6-10(15)7-11(14(9)16)17-12(19)8-18-5-3-2-4-13(18)20/h6-7H,2-5,8,16H2,1H3,(H,17,19). The molecule has 1 saturated heterocycles. The molecular weight excluding hydrogens is 322 g/mol. The van der Waals surface area contributed by atoms with Gasteiger partial charge in [0, 0.05) is 17.4 Å². The number of rotatable bonds is 3. The highest BCUT2D eigenvalue weighted by atomic mass is 79.9. The molecule has 1 aliphatic heterocycles. The normalized spacial score (nSPS) is 15.3. The van der Waals surface area contributed by atoms with Gasteiger partial charge < -0.3 is 16.0 Å². The smallest absolute Gasteiger partial charge is 0.244 e. The molecule has 6 heteroatoms. The first kappa shape index (κ1) is 14.8. The quantitative estimate of drug-likeness (QED) is 0.829. The fourth-order valence-corrected chi connectivity index (χ4v) is 2.82. The number of hydrogen-bond donors (Lipinski definition) is 2. The third kappa shape index (κ3) is 3.50. The van der Waals surface area contributed by atoms with E-state index in [0.29, 0.717) is 24.3 Å². The number of carbonyl (C=O) groups excluding carboxylic acids is 2. The van der Waals surface area contributed by atoms with Crippen molar-refractivity contribution < 1.29 is 9.59 Å². The maximum atomic E-state index is 12.0. The number of anilines is 2. The lowest BCUT2D eigenvalue weighted by molar-refractivity contribution is -0.136. The molecule has 0 radical (unpaired) electrons. The van der Waals surface area contributed by atoms with Crippen LogP contribution in [0.15, 0.2) is 16.6 Å². The zero-order chi connectivity index (χ0) is 14.7. The van der Waals surface area contributed by atoms with Crippen LogP contribution in [0.1, 0.15) is 24.8 Å². The van der Waals surface area contributed by atoms with E-state index >= 15 is 0 Å². The second-order valence-electron chi connectivity index (χ2n) is 5.00. The maximum Gasteiger partial charge on any atom is 0.244 e. The Balaban J connectivity index is 2.03. The Morgan fingerprint density at radius 1 is 1.45 bits per heavy atom. The summed E-state index contributed by atoms with van der Waals surface area (Å²) in [4.78, 5) is 25.3. The molecule has 108 valence electrons. The van der Waals surface area contributed by atoms with E-state index in [9.17, 15) is 9.59 Å².